The summed E-state index contributed by atoms with van der Waals surface area (Å²) < 4.78 is 0. The minimum absolute atomic E-state index is 0. The van der Waals surface area contributed by atoms with Crippen LogP contribution in [0.3, 0.4) is 0 Å². The molecule has 1 aliphatic carbocycles. The smallest absolute Gasteiger partial charge is 0.00190 e. The molecular weight excluding hydrogens is 362 g/mol. The molecule has 2 heteroatoms. The lowest BCUT2D eigenvalue weighted by Crippen LogP contribution is -2.32. The molecule has 0 atom stereocenters. The number of hydrogen-bond donors (Lipinski definition) is 0. The van der Waals surface area contributed by atoms with Gasteiger partial charge in [0.2, 0.25) is 0 Å². The maximum absolute atomic E-state index is 2.67. The minimum atomic E-state index is 0. The van der Waals surface area contributed by atoms with Crippen LogP contribution in [0.15, 0.2) is 54.1 Å². The van der Waals surface area contributed by atoms with Crippen LogP contribution in [0.25, 0.3) is 17.7 Å². The predicted octanol–water partition coefficient (Wildman–Crippen LogP) is 7.07. The van der Waals surface area contributed by atoms with E-state index in [2.05, 4.69) is 72.5 Å². The summed E-state index contributed by atoms with van der Waals surface area (Å²) in [6.07, 6.45) is 12.4. The van der Waals surface area contributed by atoms with E-state index in [1.165, 1.54) is 86.0 Å². The summed E-state index contributed by atoms with van der Waals surface area (Å²) in [5.74, 6) is 0. The van der Waals surface area contributed by atoms with Crippen molar-refractivity contribution in [3.63, 3.8) is 0 Å². The van der Waals surface area contributed by atoms with Gasteiger partial charge in [0.05, 0.1) is 0 Å². The molecule has 1 heterocycles. The molecule has 0 amide bonds. The number of unbranched alkanes of at least 4 members (excludes halogenated alkanes) is 3. The Morgan fingerprint density at radius 2 is 1.32 bits per heavy atom. The fourth-order valence-electron chi connectivity index (χ4n) is 4.50. The third-order valence-corrected chi connectivity index (χ3v) is 6.04. The first-order valence-electron chi connectivity index (χ1n) is 10.7. The number of rotatable bonds is 5. The van der Waals surface area contributed by atoms with Crippen molar-refractivity contribution in [3.05, 3.63) is 76.4 Å². The van der Waals surface area contributed by atoms with Gasteiger partial charge in [0, 0.05) is 13.1 Å². The highest BCUT2D eigenvalue weighted by Gasteiger charge is 2.22. The van der Waals surface area contributed by atoms with E-state index in [4.69, 9.17) is 0 Å². The molecule has 0 aromatic heterocycles. The molecule has 2 aromatic rings. The summed E-state index contributed by atoms with van der Waals surface area (Å²) in [4.78, 5) is 2.67. The fourth-order valence-corrected chi connectivity index (χ4v) is 4.50. The molecule has 1 fully saturated rings. The molecule has 1 aliphatic heterocycles. The Kier molecular flexibility index (Phi) is 7.53. The van der Waals surface area contributed by atoms with Crippen LogP contribution in [0.5, 0.6) is 0 Å². The van der Waals surface area contributed by atoms with Crippen LogP contribution in [0.2, 0.25) is 0 Å². The van der Waals surface area contributed by atoms with Gasteiger partial charge >= 0.3 is 0 Å². The molecule has 2 aliphatic rings. The average Bonchev–Trinajstić information content (AvgIpc) is 2.89. The van der Waals surface area contributed by atoms with E-state index < -0.39 is 0 Å². The van der Waals surface area contributed by atoms with Crippen molar-refractivity contribution in [1.82, 2.24) is 4.90 Å². The molecule has 1 nitrogen and oxygen atoms in total. The Balaban J connectivity index is 0.00000225. The summed E-state index contributed by atoms with van der Waals surface area (Å²) in [5, 5.41) is 0. The molecule has 0 N–H and O–H groups in total. The van der Waals surface area contributed by atoms with E-state index in [0.29, 0.717) is 0 Å². The van der Waals surface area contributed by atoms with Gasteiger partial charge in [-0.3, -0.25) is 0 Å². The fraction of sp³-hybridized carbons (Fsp3) is 0.385. The van der Waals surface area contributed by atoms with Gasteiger partial charge in [-0.2, -0.15) is 0 Å². The van der Waals surface area contributed by atoms with Crippen LogP contribution >= 0.6 is 12.4 Å². The van der Waals surface area contributed by atoms with Crippen molar-refractivity contribution in [1.29, 1.82) is 0 Å². The van der Waals surface area contributed by atoms with Crippen molar-refractivity contribution >= 4 is 30.1 Å². The minimum Gasteiger partial charge on any atom is -0.303 e. The molecular formula is C26H32ClN. The molecule has 0 spiro atoms. The molecule has 28 heavy (non-hydrogen) atoms. The van der Waals surface area contributed by atoms with Crippen molar-refractivity contribution < 1.29 is 0 Å². The van der Waals surface area contributed by atoms with Gasteiger partial charge in [-0.1, -0.05) is 92.4 Å². The SMILES string of the molecule is CCCCCCN1CCC(=C2c3ccccc3C=Cc3ccccc32)CC1.Cl. The number of nitrogens with zero attached hydrogens (tertiary/aromatic N) is 1. The van der Waals surface area contributed by atoms with E-state index in [1.54, 1.807) is 5.57 Å². The number of piperidine rings is 1. The Labute approximate surface area is 176 Å². The van der Waals surface area contributed by atoms with Gasteiger partial charge < -0.3 is 4.90 Å². The van der Waals surface area contributed by atoms with Crippen molar-refractivity contribution in [2.24, 2.45) is 0 Å². The summed E-state index contributed by atoms with van der Waals surface area (Å²) >= 11 is 0. The standard InChI is InChI=1S/C26H31N.ClH/c1-2-3-4-9-18-27-19-16-23(17-20-27)26-24-12-7-5-10-21(24)14-15-22-11-6-8-13-25(22)26;/h5-8,10-15H,2-4,9,16-20H2,1H3;1H. The molecule has 0 bridgehead atoms. The monoisotopic (exact) mass is 393 g/mol. The number of hydrogen-bond acceptors (Lipinski definition) is 1. The second kappa shape index (κ2) is 10.1. The summed E-state index contributed by atoms with van der Waals surface area (Å²) in [7, 11) is 0. The number of fused-ring (bicyclic) bond motifs is 2. The number of likely N-dealkylation sites (tertiary alicyclic amines) is 1. The van der Waals surface area contributed by atoms with E-state index in [-0.39, 0.29) is 12.4 Å². The Morgan fingerprint density at radius 1 is 0.750 bits per heavy atom. The first-order chi connectivity index (χ1) is 13.4. The largest absolute Gasteiger partial charge is 0.303 e. The molecule has 1 saturated heterocycles. The third kappa shape index (κ3) is 4.59. The lowest BCUT2D eigenvalue weighted by atomic mass is 9.86. The number of benzene rings is 2. The molecule has 148 valence electrons. The highest BCUT2D eigenvalue weighted by Crippen LogP contribution is 2.38. The van der Waals surface area contributed by atoms with E-state index in [9.17, 15) is 0 Å². The Morgan fingerprint density at radius 3 is 1.89 bits per heavy atom. The zero-order valence-corrected chi connectivity index (χ0v) is 17.8. The van der Waals surface area contributed by atoms with Crippen LogP contribution < -0.4 is 0 Å². The van der Waals surface area contributed by atoms with Crippen molar-refractivity contribution in [2.45, 2.75) is 45.4 Å². The molecule has 4 rings (SSSR count). The summed E-state index contributed by atoms with van der Waals surface area (Å²) in [5.41, 5.74) is 8.65. The number of halogens is 1. The molecule has 0 radical (unpaired) electrons. The average molecular weight is 394 g/mol. The van der Waals surface area contributed by atoms with E-state index >= 15 is 0 Å². The second-order valence-electron chi connectivity index (χ2n) is 7.89. The van der Waals surface area contributed by atoms with Crippen molar-refractivity contribution in [2.75, 3.05) is 19.6 Å². The first kappa shape index (κ1) is 20.9. The van der Waals surface area contributed by atoms with Gasteiger partial charge in [-0.05, 0) is 53.6 Å². The molecule has 0 unspecified atom stereocenters. The second-order valence-corrected chi connectivity index (χ2v) is 7.89. The molecule has 2 aromatic carbocycles. The predicted molar refractivity (Wildman–Crippen MR) is 125 cm³/mol. The van der Waals surface area contributed by atoms with Gasteiger partial charge in [0.25, 0.3) is 0 Å². The van der Waals surface area contributed by atoms with E-state index in [1.807, 2.05) is 0 Å². The summed E-state index contributed by atoms with van der Waals surface area (Å²) in [6, 6.07) is 17.8. The maximum Gasteiger partial charge on any atom is 0.00190 e. The van der Waals surface area contributed by atoms with Gasteiger partial charge in [-0.15, -0.1) is 12.4 Å². The van der Waals surface area contributed by atoms with Gasteiger partial charge in [0.1, 0.15) is 0 Å². The van der Waals surface area contributed by atoms with Crippen LogP contribution in [-0.4, -0.2) is 24.5 Å². The molecule has 0 saturated carbocycles. The third-order valence-electron chi connectivity index (χ3n) is 6.04. The normalized spacial score (nSPS) is 16.2. The van der Waals surface area contributed by atoms with Crippen LogP contribution in [0.4, 0.5) is 0 Å². The topological polar surface area (TPSA) is 3.24 Å². The van der Waals surface area contributed by atoms with Crippen LogP contribution in [-0.2, 0) is 0 Å². The van der Waals surface area contributed by atoms with Gasteiger partial charge in [0.15, 0.2) is 0 Å². The zero-order chi connectivity index (χ0) is 18.5. The van der Waals surface area contributed by atoms with Crippen molar-refractivity contribution in [3.8, 4) is 0 Å². The lowest BCUT2D eigenvalue weighted by molar-refractivity contribution is 0.251. The van der Waals surface area contributed by atoms with E-state index in [0.717, 1.165) is 0 Å². The highest BCUT2D eigenvalue weighted by molar-refractivity contribution is 5.94. The van der Waals surface area contributed by atoms with Crippen LogP contribution in [0, 0.1) is 0 Å². The first-order valence-corrected chi connectivity index (χ1v) is 10.7. The lowest BCUT2D eigenvalue weighted by Gasteiger charge is -2.30. The maximum atomic E-state index is 2.67. The van der Waals surface area contributed by atoms with Crippen LogP contribution in [0.1, 0.15) is 67.7 Å². The Bertz CT molecular complexity index is 788. The highest BCUT2D eigenvalue weighted by atomic mass is 35.5. The Hall–Kier alpha value is -1.83. The summed E-state index contributed by atoms with van der Waals surface area (Å²) in [6.45, 7) is 5.99. The quantitative estimate of drug-likeness (QED) is 0.419. The zero-order valence-electron chi connectivity index (χ0n) is 17.0. The van der Waals surface area contributed by atoms with Gasteiger partial charge in [-0.25, -0.2) is 0 Å².